The number of fused-ring (bicyclic) bond motifs is 2. The van der Waals surface area contributed by atoms with Crippen LogP contribution in [0.5, 0.6) is 0 Å². The third-order valence-electron chi connectivity index (χ3n) is 5.58. The Labute approximate surface area is 180 Å². The number of piperazine rings is 1. The summed E-state index contributed by atoms with van der Waals surface area (Å²) in [5.74, 6) is -3.56. The van der Waals surface area contributed by atoms with Gasteiger partial charge in [0.1, 0.15) is 0 Å². The molecule has 1 aliphatic heterocycles. The number of carbonyl (C=O) groups excluding carboxylic acids is 1. The number of para-hydroxylation sites is 1. The lowest BCUT2D eigenvalue weighted by atomic mass is 9.92. The fraction of sp³-hybridized carbons (Fsp3) is 0.455. The van der Waals surface area contributed by atoms with Gasteiger partial charge in [0.05, 0.1) is 17.7 Å². The number of carboxylic acids is 2. The molecule has 2 aliphatic rings. The zero-order valence-electron chi connectivity index (χ0n) is 17.6. The predicted octanol–water partition coefficient (Wildman–Crippen LogP) is 1.46. The van der Waals surface area contributed by atoms with Crippen molar-refractivity contribution in [1.82, 2.24) is 14.8 Å². The highest BCUT2D eigenvalue weighted by Gasteiger charge is 2.21. The quantitative estimate of drug-likeness (QED) is 0.628. The number of amides is 1. The van der Waals surface area contributed by atoms with Crippen molar-refractivity contribution in [2.75, 3.05) is 45.1 Å². The SMILES string of the molecule is CN1CCN(CC(=O)Nc2c3c(nc4ccccc24)CCCC3)CC1.O=C(O)C(=O)O. The van der Waals surface area contributed by atoms with Crippen LogP contribution in [0.4, 0.5) is 5.69 Å². The third kappa shape index (κ3) is 5.99. The number of hydrogen-bond acceptors (Lipinski definition) is 6. The third-order valence-corrected chi connectivity index (χ3v) is 5.58. The van der Waals surface area contributed by atoms with Crippen molar-refractivity contribution in [2.45, 2.75) is 25.7 Å². The summed E-state index contributed by atoms with van der Waals surface area (Å²) in [5, 5.41) is 19.1. The van der Waals surface area contributed by atoms with Gasteiger partial charge in [-0.1, -0.05) is 18.2 Å². The largest absolute Gasteiger partial charge is 0.473 e. The molecule has 0 radical (unpaired) electrons. The standard InChI is InChI=1S/C20H26N4O.C2H2O4/c1-23-10-12-24(13-11-23)14-19(25)22-20-15-6-2-4-8-17(15)21-18-9-5-3-7-16(18)20;3-1(4)2(5)6/h2,4,6,8H,3,5,7,9-14H2,1H3,(H,21,22,25);(H,3,4)(H,5,6). The average Bonchev–Trinajstić information content (AvgIpc) is 2.75. The smallest absolute Gasteiger partial charge is 0.414 e. The van der Waals surface area contributed by atoms with E-state index in [0.717, 1.165) is 55.6 Å². The minimum absolute atomic E-state index is 0.0914. The van der Waals surface area contributed by atoms with Gasteiger partial charge in [0.15, 0.2) is 0 Å². The van der Waals surface area contributed by atoms with Crippen molar-refractivity contribution < 1.29 is 24.6 Å². The molecular weight excluding hydrogens is 400 g/mol. The van der Waals surface area contributed by atoms with Crippen LogP contribution in [0.2, 0.25) is 0 Å². The zero-order valence-corrected chi connectivity index (χ0v) is 17.6. The van der Waals surface area contributed by atoms with E-state index >= 15 is 0 Å². The molecular formula is C22H28N4O5. The number of carboxylic acid groups (broad SMARTS) is 2. The number of pyridine rings is 1. The predicted molar refractivity (Wildman–Crippen MR) is 116 cm³/mol. The Morgan fingerprint density at radius 1 is 1.00 bits per heavy atom. The molecule has 0 unspecified atom stereocenters. The van der Waals surface area contributed by atoms with Gasteiger partial charge in [-0.25, -0.2) is 9.59 Å². The monoisotopic (exact) mass is 428 g/mol. The Hall–Kier alpha value is -3.04. The molecule has 1 amide bonds. The fourth-order valence-corrected chi connectivity index (χ4v) is 3.90. The van der Waals surface area contributed by atoms with E-state index < -0.39 is 11.9 Å². The fourth-order valence-electron chi connectivity index (χ4n) is 3.90. The number of benzene rings is 1. The summed E-state index contributed by atoms with van der Waals surface area (Å²) in [5.41, 5.74) is 4.40. The summed E-state index contributed by atoms with van der Waals surface area (Å²) < 4.78 is 0. The molecule has 0 saturated carbocycles. The molecule has 0 bridgehead atoms. The maximum atomic E-state index is 12.7. The first-order valence-corrected chi connectivity index (χ1v) is 10.4. The van der Waals surface area contributed by atoms with Gasteiger partial charge in [-0.15, -0.1) is 0 Å². The van der Waals surface area contributed by atoms with Crippen LogP contribution in [0, 0.1) is 0 Å². The number of aromatic nitrogens is 1. The topological polar surface area (TPSA) is 123 Å². The minimum Gasteiger partial charge on any atom is -0.473 e. The maximum absolute atomic E-state index is 12.7. The van der Waals surface area contributed by atoms with Gasteiger partial charge in [-0.05, 0) is 44.4 Å². The van der Waals surface area contributed by atoms with E-state index in [2.05, 4.69) is 28.2 Å². The van der Waals surface area contributed by atoms with Gasteiger partial charge in [-0.2, -0.15) is 0 Å². The zero-order chi connectivity index (χ0) is 22.4. The van der Waals surface area contributed by atoms with E-state index in [4.69, 9.17) is 24.8 Å². The van der Waals surface area contributed by atoms with Gasteiger partial charge < -0.3 is 20.4 Å². The number of anilines is 1. The van der Waals surface area contributed by atoms with E-state index in [-0.39, 0.29) is 5.91 Å². The molecule has 2 heterocycles. The highest BCUT2D eigenvalue weighted by molar-refractivity contribution is 6.27. The molecule has 1 aliphatic carbocycles. The number of hydrogen-bond donors (Lipinski definition) is 3. The summed E-state index contributed by atoms with van der Waals surface area (Å²) in [6.07, 6.45) is 4.39. The first-order valence-electron chi connectivity index (χ1n) is 10.4. The summed E-state index contributed by atoms with van der Waals surface area (Å²) in [4.78, 5) is 40.3. The van der Waals surface area contributed by atoms with Crippen molar-refractivity contribution in [3.05, 3.63) is 35.5 Å². The lowest BCUT2D eigenvalue weighted by Gasteiger charge is -2.32. The van der Waals surface area contributed by atoms with Crippen LogP contribution in [0.1, 0.15) is 24.1 Å². The normalized spacial score (nSPS) is 16.7. The lowest BCUT2D eigenvalue weighted by molar-refractivity contribution is -0.159. The van der Waals surface area contributed by atoms with Crippen LogP contribution < -0.4 is 5.32 Å². The van der Waals surface area contributed by atoms with E-state index in [9.17, 15) is 4.79 Å². The maximum Gasteiger partial charge on any atom is 0.414 e. The summed E-state index contributed by atoms with van der Waals surface area (Å²) in [6.45, 7) is 4.44. The molecule has 9 nitrogen and oxygen atoms in total. The molecule has 3 N–H and O–H groups in total. The molecule has 1 saturated heterocycles. The number of likely N-dealkylation sites (N-methyl/N-ethyl adjacent to an activating group) is 1. The van der Waals surface area contributed by atoms with Crippen molar-refractivity contribution in [2.24, 2.45) is 0 Å². The van der Waals surface area contributed by atoms with Gasteiger partial charge in [0.25, 0.3) is 0 Å². The van der Waals surface area contributed by atoms with E-state index in [1.54, 1.807) is 0 Å². The number of aryl methyl sites for hydroxylation is 1. The van der Waals surface area contributed by atoms with Crippen LogP contribution in [0.3, 0.4) is 0 Å². The molecule has 2 aromatic rings. The molecule has 1 fully saturated rings. The van der Waals surface area contributed by atoms with Crippen LogP contribution in [-0.2, 0) is 27.2 Å². The van der Waals surface area contributed by atoms with Crippen molar-refractivity contribution in [3.63, 3.8) is 0 Å². The Morgan fingerprint density at radius 3 is 2.32 bits per heavy atom. The molecule has 1 aromatic heterocycles. The van der Waals surface area contributed by atoms with Crippen LogP contribution >= 0.6 is 0 Å². The highest BCUT2D eigenvalue weighted by atomic mass is 16.4. The molecule has 0 atom stereocenters. The Morgan fingerprint density at radius 2 is 1.65 bits per heavy atom. The van der Waals surface area contributed by atoms with Gasteiger partial charge in [-0.3, -0.25) is 14.7 Å². The number of rotatable bonds is 3. The second-order valence-electron chi connectivity index (χ2n) is 7.87. The molecule has 1 aromatic carbocycles. The number of nitrogens with one attached hydrogen (secondary N) is 1. The second kappa shape index (κ2) is 10.3. The van der Waals surface area contributed by atoms with Gasteiger partial charge in [0.2, 0.25) is 5.91 Å². The van der Waals surface area contributed by atoms with Crippen molar-refractivity contribution in [1.29, 1.82) is 0 Å². The Kier molecular flexibility index (Phi) is 7.54. The summed E-state index contributed by atoms with van der Waals surface area (Å²) >= 11 is 0. The molecule has 31 heavy (non-hydrogen) atoms. The van der Waals surface area contributed by atoms with E-state index in [1.165, 1.54) is 24.1 Å². The Bertz CT molecular complexity index is 958. The highest BCUT2D eigenvalue weighted by Crippen LogP contribution is 2.33. The second-order valence-corrected chi connectivity index (χ2v) is 7.87. The number of aliphatic carboxylic acids is 2. The summed E-state index contributed by atoms with van der Waals surface area (Å²) in [6, 6.07) is 8.15. The lowest BCUT2D eigenvalue weighted by Crippen LogP contribution is -2.47. The molecule has 166 valence electrons. The van der Waals surface area contributed by atoms with Crippen molar-refractivity contribution >= 4 is 34.4 Å². The molecule has 4 rings (SSSR count). The number of nitrogens with zero attached hydrogens (tertiary/aromatic N) is 3. The first-order chi connectivity index (χ1) is 14.8. The van der Waals surface area contributed by atoms with E-state index in [0.29, 0.717) is 6.54 Å². The van der Waals surface area contributed by atoms with E-state index in [1.807, 2.05) is 18.2 Å². The van der Waals surface area contributed by atoms with Crippen LogP contribution in [-0.4, -0.2) is 82.6 Å². The van der Waals surface area contributed by atoms with Crippen LogP contribution in [0.15, 0.2) is 24.3 Å². The summed E-state index contributed by atoms with van der Waals surface area (Å²) in [7, 11) is 2.13. The van der Waals surface area contributed by atoms with Crippen molar-refractivity contribution in [3.8, 4) is 0 Å². The average molecular weight is 428 g/mol. The first kappa shape index (κ1) is 22.6. The minimum atomic E-state index is -1.82. The molecule has 9 heteroatoms. The van der Waals surface area contributed by atoms with Gasteiger partial charge in [0, 0.05) is 37.3 Å². The Balaban J connectivity index is 0.000000401. The number of carbonyl (C=O) groups is 3. The van der Waals surface area contributed by atoms with Gasteiger partial charge >= 0.3 is 11.9 Å². The molecule has 0 spiro atoms. The van der Waals surface area contributed by atoms with Crippen LogP contribution in [0.25, 0.3) is 10.9 Å².